The molecule has 0 aromatic rings. The van der Waals surface area contributed by atoms with Gasteiger partial charge in [0.1, 0.15) is 0 Å². The maximum absolute atomic E-state index is 10.6. The topological polar surface area (TPSA) is 77.0 Å². The highest BCUT2D eigenvalue weighted by atomic mass is 28.4. The van der Waals surface area contributed by atoms with Crippen LogP contribution < -0.4 is 5.32 Å². The van der Waals surface area contributed by atoms with E-state index in [0.29, 0.717) is 26.4 Å². The summed E-state index contributed by atoms with van der Waals surface area (Å²) < 4.78 is 18.9. The molecule has 7 heteroatoms. The summed E-state index contributed by atoms with van der Waals surface area (Å²) in [7, 11) is -2.68. The summed E-state index contributed by atoms with van der Waals surface area (Å²) in [5.41, 5.74) is 0. The number of carboxylic acid groups (broad SMARTS) is 1. The Morgan fingerprint density at radius 3 is 1.61 bits per heavy atom. The van der Waals surface area contributed by atoms with Gasteiger partial charge in [-0.25, -0.2) is 0 Å². The molecule has 0 fully saturated rings. The van der Waals surface area contributed by atoms with Crippen molar-refractivity contribution in [3.8, 4) is 0 Å². The van der Waals surface area contributed by atoms with Crippen molar-refractivity contribution in [2.45, 2.75) is 97.4 Å². The molecule has 0 aromatic carbocycles. The second kappa shape index (κ2) is 19.8. The van der Waals surface area contributed by atoms with Gasteiger partial charge in [-0.15, -0.1) is 0 Å². The molecule has 0 spiro atoms. The van der Waals surface area contributed by atoms with Crippen molar-refractivity contribution < 1.29 is 23.2 Å². The first kappa shape index (κ1) is 27.5. The lowest BCUT2D eigenvalue weighted by Gasteiger charge is -2.30. The third-order valence-corrected chi connectivity index (χ3v) is 7.46. The van der Waals surface area contributed by atoms with Crippen molar-refractivity contribution in [3.05, 3.63) is 0 Å². The Kier molecular flexibility index (Phi) is 19.5. The molecular formula is C21H45NO5Si. The molecule has 0 aromatic heterocycles. The van der Waals surface area contributed by atoms with Crippen LogP contribution in [-0.4, -0.2) is 52.8 Å². The third-order valence-electron chi connectivity index (χ3n) is 4.56. The molecule has 0 atom stereocenters. The monoisotopic (exact) mass is 419 g/mol. The zero-order valence-corrected chi connectivity index (χ0v) is 19.6. The first-order chi connectivity index (χ1) is 13.6. The van der Waals surface area contributed by atoms with Crippen LogP contribution in [0.15, 0.2) is 0 Å². The number of aliphatic carboxylic acids is 1. The van der Waals surface area contributed by atoms with Gasteiger partial charge in [0.2, 0.25) is 0 Å². The Morgan fingerprint density at radius 1 is 0.750 bits per heavy atom. The van der Waals surface area contributed by atoms with E-state index < -0.39 is 14.8 Å². The number of hydrogen-bond acceptors (Lipinski definition) is 5. The average Bonchev–Trinajstić information content (AvgIpc) is 2.68. The molecule has 0 saturated carbocycles. The Labute approximate surface area is 174 Å². The fraction of sp³-hybridized carbons (Fsp3) is 0.952. The van der Waals surface area contributed by atoms with Crippen molar-refractivity contribution in [3.63, 3.8) is 0 Å². The van der Waals surface area contributed by atoms with Crippen molar-refractivity contribution in [2.75, 3.05) is 32.9 Å². The Hall–Kier alpha value is -0.473. The van der Waals surface area contributed by atoms with E-state index in [2.05, 4.69) is 26.1 Å². The number of nitrogens with one attached hydrogen (secondary N) is 1. The summed E-state index contributed by atoms with van der Waals surface area (Å²) in [5.74, 6) is -0.769. The van der Waals surface area contributed by atoms with E-state index in [9.17, 15) is 4.79 Å². The molecule has 6 nitrogen and oxygen atoms in total. The number of rotatable bonds is 22. The van der Waals surface area contributed by atoms with Crippen LogP contribution in [-0.2, 0) is 18.1 Å². The molecule has 0 aliphatic heterocycles. The molecule has 0 aliphatic carbocycles. The van der Waals surface area contributed by atoms with E-state index in [1.165, 1.54) is 19.3 Å². The minimum Gasteiger partial charge on any atom is -0.481 e. The molecular weight excluding hydrogens is 374 g/mol. The van der Waals surface area contributed by atoms with Crippen molar-refractivity contribution in [1.29, 1.82) is 0 Å². The fourth-order valence-corrected chi connectivity index (χ4v) is 5.49. The maximum atomic E-state index is 10.6. The molecule has 0 bridgehead atoms. The van der Waals surface area contributed by atoms with E-state index in [-0.39, 0.29) is 6.42 Å². The number of carbonyl (C=O) groups is 1. The third kappa shape index (κ3) is 16.5. The first-order valence-corrected chi connectivity index (χ1v) is 13.4. The number of hydrogen-bond donors (Lipinski definition) is 2. The predicted molar refractivity (Wildman–Crippen MR) is 117 cm³/mol. The molecule has 0 unspecified atom stereocenters. The van der Waals surface area contributed by atoms with Crippen LogP contribution >= 0.6 is 0 Å². The number of unbranched alkanes of at least 4 members (excludes halogenated alkanes) is 6. The van der Waals surface area contributed by atoms with Crippen molar-refractivity contribution in [2.24, 2.45) is 0 Å². The molecule has 168 valence electrons. The molecule has 2 N–H and O–H groups in total. The van der Waals surface area contributed by atoms with Gasteiger partial charge >= 0.3 is 14.8 Å². The highest BCUT2D eigenvalue weighted by molar-refractivity contribution is 6.60. The van der Waals surface area contributed by atoms with E-state index >= 15 is 0 Å². The maximum Gasteiger partial charge on any atom is 0.501 e. The zero-order valence-electron chi connectivity index (χ0n) is 18.6. The predicted octanol–water partition coefficient (Wildman–Crippen LogP) is 5.00. The lowest BCUT2D eigenvalue weighted by molar-refractivity contribution is -0.136. The van der Waals surface area contributed by atoms with Gasteiger partial charge in [-0.2, -0.15) is 0 Å². The quantitative estimate of drug-likeness (QED) is 0.190. The SMILES string of the molecule is CCCCCO[Si](CCCNCCC(=O)O)(OCCCCC)OCCCCC. The van der Waals surface area contributed by atoms with Crippen molar-refractivity contribution >= 4 is 14.8 Å². The van der Waals surface area contributed by atoms with Crippen LogP contribution in [0.3, 0.4) is 0 Å². The molecule has 0 aliphatic rings. The summed E-state index contributed by atoms with van der Waals surface area (Å²) in [4.78, 5) is 10.6. The Balaban J connectivity index is 4.64. The van der Waals surface area contributed by atoms with Gasteiger partial charge in [-0.3, -0.25) is 4.79 Å². The summed E-state index contributed by atoms with van der Waals surface area (Å²) in [6.07, 6.45) is 11.1. The van der Waals surface area contributed by atoms with Gasteiger partial charge in [0.25, 0.3) is 0 Å². The van der Waals surface area contributed by atoms with Gasteiger partial charge in [0.05, 0.1) is 6.42 Å². The zero-order chi connectivity index (χ0) is 20.9. The van der Waals surface area contributed by atoms with Crippen molar-refractivity contribution in [1.82, 2.24) is 5.32 Å². The molecule has 0 saturated heterocycles. The Bertz CT molecular complexity index is 326. The van der Waals surface area contributed by atoms with Gasteiger partial charge in [0, 0.05) is 32.4 Å². The second-order valence-electron chi connectivity index (χ2n) is 7.35. The summed E-state index contributed by atoms with van der Waals surface area (Å²) in [6.45, 7) is 9.94. The number of carboxylic acids is 1. The standard InChI is InChI=1S/C21H45NO5Si/c1-4-7-10-17-25-28(26-18-11-8-5-2,27-19-12-9-6-3)20-13-15-22-16-14-21(23)24/h22H,4-20H2,1-3H3,(H,23,24). The second-order valence-corrected chi connectivity index (χ2v) is 10.1. The molecule has 28 heavy (non-hydrogen) atoms. The summed E-state index contributed by atoms with van der Waals surface area (Å²) in [6, 6.07) is 0.789. The molecule has 0 amide bonds. The van der Waals surface area contributed by atoms with Crippen LogP contribution in [0.25, 0.3) is 0 Å². The van der Waals surface area contributed by atoms with E-state index in [1.807, 2.05) is 0 Å². The highest BCUT2D eigenvalue weighted by Gasteiger charge is 2.40. The molecule has 0 radical (unpaired) electrons. The van der Waals surface area contributed by atoms with Gasteiger partial charge in [-0.05, 0) is 32.2 Å². The van der Waals surface area contributed by atoms with Gasteiger partial charge in [0.15, 0.2) is 0 Å². The van der Waals surface area contributed by atoms with Gasteiger partial charge < -0.3 is 23.7 Å². The van der Waals surface area contributed by atoms with E-state index in [1.54, 1.807) is 0 Å². The van der Waals surface area contributed by atoms with E-state index in [4.69, 9.17) is 18.4 Å². The van der Waals surface area contributed by atoms with Crippen LogP contribution in [0.5, 0.6) is 0 Å². The van der Waals surface area contributed by atoms with E-state index in [0.717, 1.165) is 57.5 Å². The van der Waals surface area contributed by atoms with Crippen LogP contribution in [0.2, 0.25) is 6.04 Å². The van der Waals surface area contributed by atoms with Crippen LogP contribution in [0, 0.1) is 0 Å². The molecule has 0 heterocycles. The average molecular weight is 420 g/mol. The first-order valence-electron chi connectivity index (χ1n) is 11.4. The largest absolute Gasteiger partial charge is 0.501 e. The molecule has 0 rings (SSSR count). The van der Waals surface area contributed by atoms with Gasteiger partial charge in [-0.1, -0.05) is 59.3 Å². The lowest BCUT2D eigenvalue weighted by Crippen LogP contribution is -2.47. The normalized spacial score (nSPS) is 11.8. The fourth-order valence-electron chi connectivity index (χ4n) is 2.83. The lowest BCUT2D eigenvalue weighted by atomic mass is 10.3. The summed E-state index contributed by atoms with van der Waals surface area (Å²) >= 11 is 0. The van der Waals surface area contributed by atoms with Crippen LogP contribution in [0.1, 0.15) is 91.4 Å². The van der Waals surface area contributed by atoms with Crippen LogP contribution in [0.4, 0.5) is 0 Å². The minimum atomic E-state index is -2.68. The smallest absolute Gasteiger partial charge is 0.481 e. The summed E-state index contributed by atoms with van der Waals surface area (Å²) in [5, 5.41) is 11.9. The minimum absolute atomic E-state index is 0.150. The highest BCUT2D eigenvalue weighted by Crippen LogP contribution is 2.20. The Morgan fingerprint density at radius 2 is 1.21 bits per heavy atom.